The predicted octanol–water partition coefficient (Wildman–Crippen LogP) is -2.13. The van der Waals surface area contributed by atoms with E-state index in [1.807, 2.05) is 26.6 Å². The van der Waals surface area contributed by atoms with Crippen molar-refractivity contribution in [3.8, 4) is 0 Å². The van der Waals surface area contributed by atoms with Crippen LogP contribution in [0.2, 0.25) is 71.5 Å². The summed E-state index contributed by atoms with van der Waals surface area (Å²) >= 11 is 0. The Morgan fingerprint density at radius 1 is 0.377 bits per heavy atom. The van der Waals surface area contributed by atoms with Gasteiger partial charge in [0.2, 0.25) is 0 Å². The van der Waals surface area contributed by atoms with Gasteiger partial charge in [0, 0.05) is 6.61 Å². The summed E-state index contributed by atoms with van der Waals surface area (Å²) in [6, 6.07) is -0.198. The van der Waals surface area contributed by atoms with Crippen molar-refractivity contribution in [2.45, 2.75) is 130 Å². The summed E-state index contributed by atoms with van der Waals surface area (Å²) in [5.41, 5.74) is 0. The topological polar surface area (TPSA) is 363 Å². The third-order valence-electron chi connectivity index (χ3n) is 8.77. The van der Waals surface area contributed by atoms with Crippen molar-refractivity contribution in [2.24, 2.45) is 0 Å². The first kappa shape index (κ1) is 70.0. The Kier molecular flexibility index (Phi) is 31.8. The smallest absolute Gasteiger partial charge is 0.533 e. The van der Waals surface area contributed by atoms with Gasteiger partial charge < -0.3 is 105 Å². The molecule has 0 aliphatic heterocycles. The first-order valence-electron chi connectivity index (χ1n) is 21.1. The van der Waals surface area contributed by atoms with Crippen molar-refractivity contribution in [3.63, 3.8) is 0 Å². The van der Waals surface area contributed by atoms with Gasteiger partial charge in [-0.25, -0.2) is 0 Å². The largest absolute Gasteiger partial charge is 0.574 e. The molecular weight excluding hydrogens is 1310 g/mol. The first-order valence-corrected chi connectivity index (χ1v) is 80.0. The summed E-state index contributed by atoms with van der Waals surface area (Å²) in [5, 5.41) is 0. The zero-order chi connectivity index (χ0) is 54.2. The molecule has 24 nitrogen and oxygen atoms in total. The molecule has 0 aliphatic carbocycles. The van der Waals surface area contributed by atoms with E-state index < -0.39 is 191 Å². The minimum atomic E-state index is -4.42. The van der Waals surface area contributed by atoms with Gasteiger partial charge in [-0.15, -0.1) is 0 Å². The SMILES string of the molecule is CCCCCCCC[Si](C)(O[Si](=O)[Si](=O)[Si](=O)[Si](=O)[Si](C)(OCCC)O[SiH2]O[Si](C)(C)C)[Si](=O)[Si](=O)[Si](=O)[Si](=O)[Si](=O)[Si](=O)[Si](=O)[Si](=O)[Si](=O)[Si](=O)[Si](=O)[Si](=O)[Si](=O)[Si](=O)O[Si](C)(C)O[Si](C)(C)C. The van der Waals surface area contributed by atoms with E-state index in [0.29, 0.717) is 19.3 Å². The van der Waals surface area contributed by atoms with Gasteiger partial charge >= 0.3 is 157 Å². The van der Waals surface area contributed by atoms with Gasteiger partial charge in [0.05, 0.1) is 0 Å². The predicted molar refractivity (Wildman–Crippen MR) is 272 cm³/mol. The lowest BCUT2D eigenvalue weighted by atomic mass is 10.1. The van der Waals surface area contributed by atoms with Crippen LogP contribution in [-0.4, -0.2) is 198 Å². The molecule has 0 aromatic rings. The van der Waals surface area contributed by atoms with Crippen molar-refractivity contribution < 1.29 is 105 Å². The molecule has 0 aromatic carbocycles. The average Bonchev–Trinajstić information content (AvgIpc) is 3.26. The van der Waals surface area contributed by atoms with Gasteiger partial charge in [0.25, 0.3) is 17.8 Å². The highest BCUT2D eigenvalue weighted by Crippen LogP contribution is 2.20. The van der Waals surface area contributed by atoms with Gasteiger partial charge in [-0.2, -0.15) is 0 Å². The Labute approximate surface area is 429 Å². The van der Waals surface area contributed by atoms with Crippen LogP contribution in [0, 0.1) is 0 Å². The molecule has 0 saturated carbocycles. The van der Waals surface area contributed by atoms with Crippen LogP contribution in [0.4, 0.5) is 0 Å². The quantitative estimate of drug-likeness (QED) is 0.0471. The second kappa shape index (κ2) is 31.3. The molecule has 0 spiro atoms. The standard InChI is InChI=1S/C21H56O24Si24/c1-13-15-16-17-18-19-21-68(11,44-48(23)50(25)61(36)64(39)69(12,40-20-14-2)42-46-41-65(3,4)5)63(38)62(37)60(35)59(34)58(33)57(32)56(31)55(30)54(29)53(28)52(27)51(26)49(24)47(22)43-67(9,10)45-66(6,7)8/h13-21,46H2,1-12H3. The number of hydrogen-bond acceptors (Lipinski definition) is 24. The van der Waals surface area contributed by atoms with Crippen LogP contribution in [-0.2, 0) is 105 Å². The molecule has 0 bridgehead atoms. The van der Waals surface area contributed by atoms with Crippen LogP contribution < -0.4 is 0 Å². The van der Waals surface area contributed by atoms with E-state index in [9.17, 15) is 80.3 Å². The van der Waals surface area contributed by atoms with Gasteiger partial charge in [0.1, 0.15) is 0 Å². The van der Waals surface area contributed by atoms with E-state index in [0.717, 1.165) is 19.3 Å². The van der Waals surface area contributed by atoms with Gasteiger partial charge in [0.15, 0.2) is 16.6 Å². The molecule has 380 valence electrons. The Balaban J connectivity index is 6.37. The molecule has 2 unspecified atom stereocenters. The molecule has 0 N–H and O–H groups in total. The highest BCUT2D eigenvalue weighted by atomic mass is 30.1. The lowest BCUT2D eigenvalue weighted by Gasteiger charge is -2.30. The third kappa shape index (κ3) is 23.4. The Bertz CT molecular complexity index is 2250. The minimum Gasteiger partial charge on any atom is -0.574 e. The zero-order valence-corrected chi connectivity index (χ0v) is 64.8. The van der Waals surface area contributed by atoms with Crippen molar-refractivity contribution in [2.75, 3.05) is 6.61 Å². The highest BCUT2D eigenvalue weighted by molar-refractivity contribution is 7.81. The Morgan fingerprint density at radius 3 is 1.14 bits per heavy atom. The summed E-state index contributed by atoms with van der Waals surface area (Å²) in [6.07, 6.45) is 4.41. The second-order valence-electron chi connectivity index (χ2n) is 17.7. The molecule has 0 saturated heterocycles. The van der Waals surface area contributed by atoms with Crippen LogP contribution in [0.5, 0.6) is 0 Å². The molecular formula is C21H56O24Si24. The van der Waals surface area contributed by atoms with Gasteiger partial charge in [-0.3, -0.25) is 0 Å². The van der Waals surface area contributed by atoms with Crippen molar-refractivity contribution in [1.29, 1.82) is 0 Å². The average molecular weight is 1370 g/mol. The molecule has 48 heteroatoms. The van der Waals surface area contributed by atoms with E-state index >= 15 is 0 Å². The lowest BCUT2D eigenvalue weighted by molar-refractivity contribution is 0.252. The maximum Gasteiger partial charge on any atom is 0.533 e. The van der Waals surface area contributed by atoms with Crippen molar-refractivity contribution >= 4 is 191 Å². The van der Waals surface area contributed by atoms with Crippen molar-refractivity contribution in [1.82, 2.24) is 0 Å². The summed E-state index contributed by atoms with van der Waals surface area (Å²) in [4.78, 5) is 0. The van der Waals surface area contributed by atoms with Crippen LogP contribution >= 0.6 is 0 Å². The molecule has 0 heterocycles. The third-order valence-corrected chi connectivity index (χ3v) is 167. The molecule has 2 atom stereocenters. The summed E-state index contributed by atoms with van der Waals surface area (Å²) in [5.74, 6) is 0. The van der Waals surface area contributed by atoms with Gasteiger partial charge in [-0.1, -0.05) is 52.4 Å². The first-order chi connectivity index (χ1) is 31.4. The molecule has 69 heavy (non-hydrogen) atoms. The van der Waals surface area contributed by atoms with E-state index in [1.165, 1.54) is 26.2 Å². The van der Waals surface area contributed by atoms with Crippen LogP contribution in [0.3, 0.4) is 0 Å². The Morgan fingerprint density at radius 2 is 0.739 bits per heavy atom. The zero-order valence-electron chi connectivity index (χ0n) is 40.4. The van der Waals surface area contributed by atoms with E-state index in [4.69, 9.17) is 25.0 Å². The minimum absolute atomic E-state index is 0.0544. The number of hydrogen-bond donors (Lipinski definition) is 0. The highest BCUT2D eigenvalue weighted by Gasteiger charge is 2.59. The van der Waals surface area contributed by atoms with E-state index in [-0.39, 0.29) is 19.1 Å². The maximum atomic E-state index is 14.1. The van der Waals surface area contributed by atoms with Crippen LogP contribution in [0.1, 0.15) is 58.8 Å². The Hall–Kier alpha value is 1.05. The fourth-order valence-electron chi connectivity index (χ4n) is 5.39. The summed E-state index contributed by atoms with van der Waals surface area (Å²) in [7, 11) is -91.5. The molecule has 0 aromatic heterocycles. The summed E-state index contributed by atoms with van der Waals surface area (Å²) < 4.78 is 273. The number of unbranched alkanes of at least 4 members (excludes halogenated alkanes) is 5. The molecule has 0 aliphatic rings. The molecule has 0 rings (SSSR count). The number of rotatable bonds is 38. The fraction of sp³-hybridized carbons (Fsp3) is 1.00. The van der Waals surface area contributed by atoms with Crippen LogP contribution in [0.15, 0.2) is 0 Å². The van der Waals surface area contributed by atoms with Gasteiger partial charge in [-0.05, 0) is 77.9 Å². The second-order valence-corrected chi connectivity index (χ2v) is 127. The fourth-order valence-corrected chi connectivity index (χ4v) is 224. The van der Waals surface area contributed by atoms with Crippen molar-refractivity contribution in [3.05, 3.63) is 0 Å². The maximum absolute atomic E-state index is 14.1. The summed E-state index contributed by atoms with van der Waals surface area (Å²) in [6.45, 7) is 20.2. The van der Waals surface area contributed by atoms with E-state index in [1.54, 1.807) is 26.6 Å². The lowest BCUT2D eigenvalue weighted by Crippen LogP contribution is -2.62. The molecule has 0 fully saturated rings. The molecule has 0 amide bonds. The van der Waals surface area contributed by atoms with Crippen LogP contribution in [0.25, 0.3) is 0 Å². The molecule has 0 radical (unpaired) electrons. The van der Waals surface area contributed by atoms with E-state index in [2.05, 4.69) is 0 Å². The normalized spacial score (nSPS) is 13.4. The monoisotopic (exact) mass is 1360 g/mol.